The quantitative estimate of drug-likeness (QED) is 0.667. The van der Waals surface area contributed by atoms with Crippen molar-refractivity contribution in [3.8, 4) is 11.8 Å². The number of nitriles is 1. The summed E-state index contributed by atoms with van der Waals surface area (Å²) in [6, 6.07) is 10.2. The Kier molecular flexibility index (Phi) is 6.58. The van der Waals surface area contributed by atoms with Gasteiger partial charge in [-0.05, 0) is 37.3 Å². The fourth-order valence-electron chi connectivity index (χ4n) is 2.81. The summed E-state index contributed by atoms with van der Waals surface area (Å²) in [7, 11) is 0. The minimum atomic E-state index is -0.872. The molecule has 0 spiro atoms. The van der Waals surface area contributed by atoms with E-state index in [4.69, 9.17) is 14.7 Å². The van der Waals surface area contributed by atoms with Crippen molar-refractivity contribution in [1.82, 2.24) is 14.9 Å². The number of aromatic nitrogens is 2. The van der Waals surface area contributed by atoms with Gasteiger partial charge in [0.15, 0.2) is 12.7 Å². The van der Waals surface area contributed by atoms with Gasteiger partial charge in [-0.1, -0.05) is 0 Å². The van der Waals surface area contributed by atoms with Crippen LogP contribution in [0.2, 0.25) is 0 Å². The van der Waals surface area contributed by atoms with Crippen LogP contribution in [0.5, 0.6) is 5.75 Å². The third-order valence-corrected chi connectivity index (χ3v) is 4.43. The van der Waals surface area contributed by atoms with Gasteiger partial charge in [0.2, 0.25) is 5.95 Å². The molecule has 0 aliphatic carbocycles. The van der Waals surface area contributed by atoms with E-state index in [2.05, 4.69) is 9.97 Å². The van der Waals surface area contributed by atoms with E-state index in [1.165, 1.54) is 0 Å². The molecule has 2 aromatic rings. The third kappa shape index (κ3) is 5.42. The molecular formula is C20H21N5O4. The molecule has 1 aromatic carbocycles. The van der Waals surface area contributed by atoms with Crippen molar-refractivity contribution in [3.05, 3.63) is 48.3 Å². The number of hydrogen-bond acceptors (Lipinski definition) is 8. The SMILES string of the molecule is C[C@@H](Oc1ccc(C#N)cc1)C(=O)OCC(=O)N1CCN(c2ncccn2)CC1. The number of ether oxygens (including phenoxy) is 2. The van der Waals surface area contributed by atoms with Gasteiger partial charge in [0.1, 0.15) is 5.75 Å². The monoisotopic (exact) mass is 395 g/mol. The highest BCUT2D eigenvalue weighted by atomic mass is 16.6. The summed E-state index contributed by atoms with van der Waals surface area (Å²) in [6.07, 6.45) is 2.49. The maximum atomic E-state index is 12.3. The van der Waals surface area contributed by atoms with Gasteiger partial charge in [-0.3, -0.25) is 4.79 Å². The topological polar surface area (TPSA) is 109 Å². The molecular weight excluding hydrogens is 374 g/mol. The Hall–Kier alpha value is -3.67. The Bertz CT molecular complexity index is 874. The van der Waals surface area contributed by atoms with Gasteiger partial charge in [-0.25, -0.2) is 14.8 Å². The van der Waals surface area contributed by atoms with E-state index in [0.717, 1.165) is 0 Å². The lowest BCUT2D eigenvalue weighted by Crippen LogP contribution is -2.50. The highest BCUT2D eigenvalue weighted by Gasteiger charge is 2.24. The number of amides is 1. The molecule has 1 aromatic heterocycles. The standard InChI is InChI=1S/C20H21N5O4/c1-15(29-17-5-3-16(13-21)4-6-17)19(27)28-14-18(26)24-9-11-25(12-10-24)20-22-7-2-8-23-20/h2-8,15H,9-12,14H2,1H3/t15-/m1/s1. The number of anilines is 1. The smallest absolute Gasteiger partial charge is 0.347 e. The number of esters is 1. The zero-order valence-corrected chi connectivity index (χ0v) is 16.0. The molecule has 1 aliphatic heterocycles. The molecule has 0 saturated carbocycles. The van der Waals surface area contributed by atoms with Crippen LogP contribution in [0.1, 0.15) is 12.5 Å². The zero-order chi connectivity index (χ0) is 20.6. The second kappa shape index (κ2) is 9.50. The van der Waals surface area contributed by atoms with Crippen LogP contribution in [0.3, 0.4) is 0 Å². The molecule has 150 valence electrons. The first-order valence-electron chi connectivity index (χ1n) is 9.20. The van der Waals surface area contributed by atoms with Crippen LogP contribution in [0, 0.1) is 11.3 Å². The fourth-order valence-corrected chi connectivity index (χ4v) is 2.81. The Morgan fingerprint density at radius 1 is 1.14 bits per heavy atom. The first-order valence-corrected chi connectivity index (χ1v) is 9.20. The van der Waals surface area contributed by atoms with E-state index in [1.807, 2.05) is 11.0 Å². The predicted molar refractivity (Wildman–Crippen MR) is 103 cm³/mol. The molecule has 1 saturated heterocycles. The molecule has 0 bridgehead atoms. The highest BCUT2D eigenvalue weighted by Crippen LogP contribution is 2.14. The molecule has 0 unspecified atom stereocenters. The van der Waals surface area contributed by atoms with Gasteiger partial charge in [0.25, 0.3) is 5.91 Å². The number of benzene rings is 1. The normalized spacial score (nSPS) is 14.6. The lowest BCUT2D eigenvalue weighted by molar-refractivity contribution is -0.157. The first kappa shape index (κ1) is 20.1. The number of rotatable bonds is 6. The maximum Gasteiger partial charge on any atom is 0.347 e. The minimum Gasteiger partial charge on any atom is -0.479 e. The van der Waals surface area contributed by atoms with Crippen molar-refractivity contribution in [2.24, 2.45) is 0 Å². The van der Waals surface area contributed by atoms with Crippen molar-refractivity contribution in [3.63, 3.8) is 0 Å². The number of carbonyl (C=O) groups is 2. The molecule has 2 heterocycles. The number of piperazine rings is 1. The number of carbonyl (C=O) groups excluding carboxylic acids is 2. The third-order valence-electron chi connectivity index (χ3n) is 4.43. The van der Waals surface area contributed by atoms with E-state index < -0.39 is 12.1 Å². The Morgan fingerprint density at radius 2 is 1.79 bits per heavy atom. The van der Waals surface area contributed by atoms with Crippen LogP contribution in [-0.2, 0) is 14.3 Å². The second-order valence-corrected chi connectivity index (χ2v) is 6.42. The van der Waals surface area contributed by atoms with Crippen molar-refractivity contribution < 1.29 is 19.1 Å². The zero-order valence-electron chi connectivity index (χ0n) is 16.0. The van der Waals surface area contributed by atoms with E-state index in [9.17, 15) is 9.59 Å². The maximum absolute atomic E-state index is 12.3. The van der Waals surface area contributed by atoms with E-state index in [0.29, 0.717) is 43.4 Å². The average Bonchev–Trinajstić information content (AvgIpc) is 2.78. The molecule has 1 amide bonds. The van der Waals surface area contributed by atoms with Gasteiger partial charge >= 0.3 is 5.97 Å². The molecule has 1 atom stereocenters. The van der Waals surface area contributed by atoms with Crippen LogP contribution < -0.4 is 9.64 Å². The Morgan fingerprint density at radius 3 is 2.41 bits per heavy atom. The van der Waals surface area contributed by atoms with Gasteiger partial charge in [-0.15, -0.1) is 0 Å². The molecule has 1 fully saturated rings. The summed E-state index contributed by atoms with van der Waals surface area (Å²) in [5.74, 6) is 0.204. The second-order valence-electron chi connectivity index (χ2n) is 6.42. The summed E-state index contributed by atoms with van der Waals surface area (Å²) in [5, 5.41) is 8.79. The number of nitrogens with zero attached hydrogens (tertiary/aromatic N) is 5. The van der Waals surface area contributed by atoms with Crippen molar-refractivity contribution in [2.45, 2.75) is 13.0 Å². The summed E-state index contributed by atoms with van der Waals surface area (Å²) in [6.45, 7) is 3.45. The minimum absolute atomic E-state index is 0.252. The van der Waals surface area contributed by atoms with Crippen molar-refractivity contribution in [2.75, 3.05) is 37.7 Å². The highest BCUT2D eigenvalue weighted by molar-refractivity contribution is 5.82. The lowest BCUT2D eigenvalue weighted by atomic mass is 10.2. The summed E-state index contributed by atoms with van der Waals surface area (Å²) in [5.41, 5.74) is 0.497. The van der Waals surface area contributed by atoms with E-state index in [1.54, 1.807) is 54.5 Å². The Labute approximate surface area is 168 Å². The van der Waals surface area contributed by atoms with Gasteiger partial charge in [-0.2, -0.15) is 5.26 Å². The van der Waals surface area contributed by atoms with E-state index in [-0.39, 0.29) is 12.5 Å². The van der Waals surface area contributed by atoms with Gasteiger partial charge < -0.3 is 19.3 Å². The van der Waals surface area contributed by atoms with Gasteiger partial charge in [0.05, 0.1) is 11.6 Å². The number of hydrogen-bond donors (Lipinski definition) is 0. The van der Waals surface area contributed by atoms with Crippen LogP contribution in [0.15, 0.2) is 42.7 Å². The molecule has 3 rings (SSSR count). The first-order chi connectivity index (χ1) is 14.1. The predicted octanol–water partition coefficient (Wildman–Crippen LogP) is 1.01. The molecule has 9 nitrogen and oxygen atoms in total. The molecule has 29 heavy (non-hydrogen) atoms. The Balaban J connectivity index is 1.41. The van der Waals surface area contributed by atoms with E-state index >= 15 is 0 Å². The van der Waals surface area contributed by atoms with Crippen molar-refractivity contribution in [1.29, 1.82) is 5.26 Å². The summed E-state index contributed by atoms with van der Waals surface area (Å²) < 4.78 is 10.6. The molecule has 1 aliphatic rings. The van der Waals surface area contributed by atoms with Crippen LogP contribution in [-0.4, -0.2) is 65.6 Å². The lowest BCUT2D eigenvalue weighted by Gasteiger charge is -2.34. The average molecular weight is 395 g/mol. The van der Waals surface area contributed by atoms with Crippen molar-refractivity contribution >= 4 is 17.8 Å². The van der Waals surface area contributed by atoms with Crippen LogP contribution in [0.25, 0.3) is 0 Å². The largest absolute Gasteiger partial charge is 0.479 e. The molecule has 0 N–H and O–H groups in total. The fraction of sp³-hybridized carbons (Fsp3) is 0.350. The van der Waals surface area contributed by atoms with Crippen LogP contribution >= 0.6 is 0 Å². The van der Waals surface area contributed by atoms with Gasteiger partial charge in [0, 0.05) is 38.6 Å². The van der Waals surface area contributed by atoms with Crippen LogP contribution in [0.4, 0.5) is 5.95 Å². The summed E-state index contributed by atoms with van der Waals surface area (Å²) in [4.78, 5) is 36.5. The summed E-state index contributed by atoms with van der Waals surface area (Å²) >= 11 is 0. The molecule has 0 radical (unpaired) electrons. The molecule has 9 heteroatoms.